The molecule has 0 spiro atoms. The highest BCUT2D eigenvalue weighted by atomic mass is 16.6. The van der Waals surface area contributed by atoms with Crippen LogP contribution in [0.15, 0.2) is 47.6 Å². The van der Waals surface area contributed by atoms with Crippen molar-refractivity contribution in [2.75, 3.05) is 33.2 Å². The standard InChI is InChI=1S/C21H27N3O4/c1-15(28-23-14-16-6-9-18(10-7-16)24(2)3)21(25)22-13-17-8-11-19(26-4)20(12-17)27-5/h6-12,14-15H,13H2,1-5H3,(H,22,25)/b23-14+. The smallest absolute Gasteiger partial charge is 0.263 e. The monoisotopic (exact) mass is 385 g/mol. The highest BCUT2D eigenvalue weighted by molar-refractivity contribution is 5.81. The molecule has 1 amide bonds. The lowest BCUT2D eigenvalue weighted by atomic mass is 10.2. The summed E-state index contributed by atoms with van der Waals surface area (Å²) in [7, 11) is 7.11. The fraction of sp³-hybridized carbons (Fsp3) is 0.333. The number of benzene rings is 2. The van der Waals surface area contributed by atoms with E-state index in [9.17, 15) is 4.79 Å². The van der Waals surface area contributed by atoms with E-state index >= 15 is 0 Å². The maximum atomic E-state index is 12.2. The summed E-state index contributed by atoms with van der Waals surface area (Å²) >= 11 is 0. The molecule has 0 aromatic heterocycles. The normalized spacial score (nSPS) is 11.8. The van der Waals surface area contributed by atoms with E-state index in [0.717, 1.165) is 16.8 Å². The van der Waals surface area contributed by atoms with Gasteiger partial charge in [0.25, 0.3) is 5.91 Å². The van der Waals surface area contributed by atoms with Crippen molar-refractivity contribution in [1.29, 1.82) is 0 Å². The van der Waals surface area contributed by atoms with Crippen LogP contribution in [0, 0.1) is 0 Å². The van der Waals surface area contributed by atoms with Crippen LogP contribution in [0.4, 0.5) is 5.69 Å². The number of hydrogen-bond acceptors (Lipinski definition) is 6. The summed E-state index contributed by atoms with van der Waals surface area (Å²) in [6, 6.07) is 13.3. The Morgan fingerprint density at radius 2 is 1.79 bits per heavy atom. The van der Waals surface area contributed by atoms with Gasteiger partial charge in [0.1, 0.15) is 0 Å². The Kier molecular flexibility index (Phi) is 7.68. The Labute approximate surface area is 165 Å². The molecular weight excluding hydrogens is 358 g/mol. The minimum Gasteiger partial charge on any atom is -0.493 e. The molecule has 28 heavy (non-hydrogen) atoms. The number of ether oxygens (including phenoxy) is 2. The van der Waals surface area contributed by atoms with Gasteiger partial charge in [0.05, 0.1) is 20.4 Å². The molecule has 2 aromatic rings. The maximum Gasteiger partial charge on any atom is 0.263 e. The van der Waals surface area contributed by atoms with Gasteiger partial charge >= 0.3 is 0 Å². The van der Waals surface area contributed by atoms with Crippen LogP contribution in [0.2, 0.25) is 0 Å². The molecule has 1 N–H and O–H groups in total. The number of carbonyl (C=O) groups excluding carboxylic acids is 1. The lowest BCUT2D eigenvalue weighted by Gasteiger charge is -2.13. The molecule has 0 fully saturated rings. The number of amides is 1. The first kappa shape index (κ1) is 21.1. The first-order valence-electron chi connectivity index (χ1n) is 8.89. The fourth-order valence-corrected chi connectivity index (χ4v) is 2.41. The van der Waals surface area contributed by atoms with Crippen molar-refractivity contribution in [2.24, 2.45) is 5.16 Å². The zero-order valence-electron chi connectivity index (χ0n) is 16.9. The third kappa shape index (κ3) is 5.90. The summed E-state index contributed by atoms with van der Waals surface area (Å²) < 4.78 is 10.5. The minimum atomic E-state index is -0.711. The summed E-state index contributed by atoms with van der Waals surface area (Å²) in [6.45, 7) is 2.00. The van der Waals surface area contributed by atoms with Crippen molar-refractivity contribution in [1.82, 2.24) is 5.32 Å². The van der Waals surface area contributed by atoms with Gasteiger partial charge in [-0.05, 0) is 42.3 Å². The van der Waals surface area contributed by atoms with Gasteiger partial charge in [-0.2, -0.15) is 0 Å². The first-order chi connectivity index (χ1) is 13.4. The SMILES string of the molecule is COc1ccc(CNC(=O)C(C)O/N=C/c2ccc(N(C)C)cc2)cc1OC. The zero-order chi connectivity index (χ0) is 20.5. The summed E-state index contributed by atoms with van der Waals surface area (Å²) in [5.74, 6) is 1.00. The van der Waals surface area contributed by atoms with E-state index in [1.807, 2.05) is 55.4 Å². The van der Waals surface area contributed by atoms with Crippen LogP contribution in [0.5, 0.6) is 11.5 Å². The van der Waals surface area contributed by atoms with Gasteiger partial charge < -0.3 is 24.5 Å². The second-order valence-electron chi connectivity index (χ2n) is 6.38. The molecule has 0 aliphatic rings. The van der Waals surface area contributed by atoms with Crippen LogP contribution in [0.25, 0.3) is 0 Å². The number of methoxy groups -OCH3 is 2. The van der Waals surface area contributed by atoms with Crippen molar-refractivity contribution >= 4 is 17.8 Å². The number of nitrogens with one attached hydrogen (secondary N) is 1. The van der Waals surface area contributed by atoms with Gasteiger partial charge in [-0.15, -0.1) is 0 Å². The third-order valence-electron chi connectivity index (χ3n) is 4.11. The first-order valence-corrected chi connectivity index (χ1v) is 8.89. The molecular formula is C21H27N3O4. The molecule has 2 aromatic carbocycles. The van der Waals surface area contributed by atoms with Gasteiger partial charge in [0.2, 0.25) is 6.10 Å². The molecule has 0 bridgehead atoms. The van der Waals surface area contributed by atoms with Crippen LogP contribution in [-0.4, -0.2) is 46.5 Å². The Morgan fingerprint density at radius 3 is 2.39 bits per heavy atom. The predicted octanol–water partition coefficient (Wildman–Crippen LogP) is 2.83. The number of hydrogen-bond donors (Lipinski definition) is 1. The van der Waals surface area contributed by atoms with E-state index in [0.29, 0.717) is 18.0 Å². The quantitative estimate of drug-likeness (QED) is 0.531. The molecule has 1 unspecified atom stereocenters. The Balaban J connectivity index is 1.84. The second kappa shape index (κ2) is 10.2. The zero-order valence-corrected chi connectivity index (χ0v) is 16.9. The largest absolute Gasteiger partial charge is 0.493 e. The van der Waals surface area contributed by atoms with Crippen molar-refractivity contribution < 1.29 is 19.1 Å². The molecule has 7 nitrogen and oxygen atoms in total. The van der Waals surface area contributed by atoms with E-state index in [-0.39, 0.29) is 5.91 Å². The molecule has 0 radical (unpaired) electrons. The average molecular weight is 385 g/mol. The lowest BCUT2D eigenvalue weighted by Crippen LogP contribution is -2.33. The van der Waals surface area contributed by atoms with E-state index in [4.69, 9.17) is 14.3 Å². The molecule has 150 valence electrons. The lowest BCUT2D eigenvalue weighted by molar-refractivity contribution is -0.131. The summed E-state index contributed by atoms with van der Waals surface area (Å²) in [6.07, 6.45) is 0.870. The average Bonchev–Trinajstić information content (AvgIpc) is 2.71. The van der Waals surface area contributed by atoms with Crippen LogP contribution < -0.4 is 19.7 Å². The van der Waals surface area contributed by atoms with Crippen molar-refractivity contribution in [3.63, 3.8) is 0 Å². The summed E-state index contributed by atoms with van der Waals surface area (Å²) in [5.41, 5.74) is 2.88. The van der Waals surface area contributed by atoms with Gasteiger partial charge in [-0.25, -0.2) is 0 Å². The highest BCUT2D eigenvalue weighted by Crippen LogP contribution is 2.27. The summed E-state index contributed by atoms with van der Waals surface area (Å²) in [4.78, 5) is 19.5. The third-order valence-corrected chi connectivity index (χ3v) is 4.11. The van der Waals surface area contributed by atoms with E-state index in [2.05, 4.69) is 10.5 Å². The molecule has 0 heterocycles. The number of nitrogens with zero attached hydrogens (tertiary/aromatic N) is 2. The molecule has 2 rings (SSSR count). The van der Waals surface area contributed by atoms with Crippen LogP contribution in [0.1, 0.15) is 18.1 Å². The van der Waals surface area contributed by atoms with E-state index in [1.165, 1.54) is 0 Å². The number of oxime groups is 1. The molecule has 0 saturated heterocycles. The Morgan fingerprint density at radius 1 is 1.11 bits per heavy atom. The topological polar surface area (TPSA) is 72.4 Å². The molecule has 1 atom stereocenters. The Bertz CT molecular complexity index is 804. The van der Waals surface area contributed by atoms with Crippen molar-refractivity contribution in [3.05, 3.63) is 53.6 Å². The number of carbonyl (C=O) groups is 1. The van der Waals surface area contributed by atoms with Gasteiger partial charge in [-0.1, -0.05) is 23.4 Å². The molecule has 0 aliphatic carbocycles. The van der Waals surface area contributed by atoms with Gasteiger partial charge in [0.15, 0.2) is 11.5 Å². The minimum absolute atomic E-state index is 0.255. The highest BCUT2D eigenvalue weighted by Gasteiger charge is 2.14. The molecule has 0 saturated carbocycles. The second-order valence-corrected chi connectivity index (χ2v) is 6.38. The molecule has 0 aliphatic heterocycles. The van der Waals surface area contributed by atoms with E-state index < -0.39 is 6.10 Å². The van der Waals surface area contributed by atoms with Crippen molar-refractivity contribution in [3.8, 4) is 11.5 Å². The number of anilines is 1. The van der Waals surface area contributed by atoms with Gasteiger partial charge in [0, 0.05) is 26.3 Å². The van der Waals surface area contributed by atoms with Crippen molar-refractivity contribution in [2.45, 2.75) is 19.6 Å². The summed E-state index contributed by atoms with van der Waals surface area (Å²) in [5, 5.41) is 6.72. The van der Waals surface area contributed by atoms with Crippen LogP contribution in [-0.2, 0) is 16.2 Å². The van der Waals surface area contributed by atoms with E-state index in [1.54, 1.807) is 33.4 Å². The van der Waals surface area contributed by atoms with Crippen LogP contribution in [0.3, 0.4) is 0 Å². The van der Waals surface area contributed by atoms with Gasteiger partial charge in [-0.3, -0.25) is 4.79 Å². The maximum absolute atomic E-state index is 12.2. The predicted molar refractivity (Wildman–Crippen MR) is 110 cm³/mol. The Hall–Kier alpha value is -3.22. The molecule has 7 heteroatoms. The number of rotatable bonds is 9. The van der Waals surface area contributed by atoms with Crippen LogP contribution >= 0.6 is 0 Å². The fourth-order valence-electron chi connectivity index (χ4n) is 2.41.